The predicted octanol–water partition coefficient (Wildman–Crippen LogP) is 4.67. The number of fused-ring (bicyclic) bond motifs is 1. The van der Waals surface area contributed by atoms with Crippen LogP contribution in [-0.2, 0) is 0 Å². The van der Waals surface area contributed by atoms with Crippen molar-refractivity contribution in [2.45, 2.75) is 58.1 Å². The molecule has 2 aromatic heterocycles. The molecule has 5 rings (SSSR count). The summed E-state index contributed by atoms with van der Waals surface area (Å²) >= 11 is 0. The Morgan fingerprint density at radius 2 is 2.13 bits per heavy atom. The van der Waals surface area contributed by atoms with E-state index in [1.807, 2.05) is 45.0 Å². The van der Waals surface area contributed by atoms with Crippen molar-refractivity contribution in [3.63, 3.8) is 0 Å². The molecule has 3 aromatic rings. The van der Waals surface area contributed by atoms with E-state index in [0.29, 0.717) is 41.4 Å². The predicted molar refractivity (Wildman–Crippen MR) is 149 cm³/mol. The van der Waals surface area contributed by atoms with Gasteiger partial charge in [0.25, 0.3) is 5.91 Å². The largest absolute Gasteiger partial charge is 0.437 e. The highest BCUT2D eigenvalue weighted by Gasteiger charge is 2.38. The van der Waals surface area contributed by atoms with Crippen LogP contribution in [-0.4, -0.2) is 50.5 Å². The van der Waals surface area contributed by atoms with Gasteiger partial charge >= 0.3 is 0 Å². The molecule has 2 fully saturated rings. The van der Waals surface area contributed by atoms with Gasteiger partial charge in [0.1, 0.15) is 11.6 Å². The smallest absolute Gasteiger partial charge is 0.251 e. The summed E-state index contributed by atoms with van der Waals surface area (Å²) in [5, 5.41) is 21.3. The van der Waals surface area contributed by atoms with Crippen LogP contribution in [0.25, 0.3) is 16.8 Å². The molecule has 0 bridgehead atoms. The number of ether oxygens (including phenoxy) is 1. The number of carbonyl (C=O) groups excluding carboxylic acids is 1. The van der Waals surface area contributed by atoms with Crippen LogP contribution in [0.1, 0.15) is 55.5 Å². The van der Waals surface area contributed by atoms with Crippen LogP contribution in [0.5, 0.6) is 5.88 Å². The highest BCUT2D eigenvalue weighted by molar-refractivity contribution is 5.97. The van der Waals surface area contributed by atoms with E-state index in [4.69, 9.17) is 9.72 Å². The molecule has 2 aliphatic rings. The molecule has 9 nitrogen and oxygen atoms in total. The topological polar surface area (TPSA) is 113 Å². The highest BCUT2D eigenvalue weighted by atomic mass is 16.5. The first-order valence-corrected chi connectivity index (χ1v) is 13.0. The van der Waals surface area contributed by atoms with Crippen molar-refractivity contribution in [1.29, 1.82) is 0 Å². The van der Waals surface area contributed by atoms with Crippen LogP contribution in [0.4, 0.5) is 5.82 Å². The Morgan fingerprint density at radius 3 is 2.79 bits per heavy atom. The van der Waals surface area contributed by atoms with Crippen LogP contribution < -0.4 is 15.4 Å². The maximum atomic E-state index is 12.6. The standard InChI is InChI=1S/C29H34N6O3/c1-5-6-22(16-30-4)38-26-12-25(31-15-19-13-29(3,37)14-19)35-27(34-26)24(17-32-35)20-7-10-23(18(2)11-20)28(36)33-21-8-9-21/h5-7,10-12,16-17,19,21,31,37H,4,8-9,13-15H2,1-3H3,(H,33,36)/b6-5-,22-16+/t19-,29+. The summed E-state index contributed by atoms with van der Waals surface area (Å²) < 4.78 is 7.81. The molecule has 0 radical (unpaired) electrons. The van der Waals surface area contributed by atoms with Crippen LogP contribution in [0, 0.1) is 12.8 Å². The molecule has 0 unspecified atom stereocenters. The molecule has 2 heterocycles. The van der Waals surface area contributed by atoms with E-state index < -0.39 is 5.60 Å². The summed E-state index contributed by atoms with van der Waals surface area (Å²) in [7, 11) is 0. The molecule has 1 amide bonds. The van der Waals surface area contributed by atoms with Gasteiger partial charge in [-0.15, -0.1) is 0 Å². The summed E-state index contributed by atoms with van der Waals surface area (Å²) in [6.45, 7) is 9.92. The molecule has 0 saturated heterocycles. The minimum Gasteiger partial charge on any atom is -0.437 e. The van der Waals surface area contributed by atoms with E-state index in [9.17, 15) is 9.90 Å². The zero-order chi connectivity index (χ0) is 26.9. The van der Waals surface area contributed by atoms with Gasteiger partial charge in [0.05, 0.1) is 18.0 Å². The molecule has 0 atom stereocenters. The minimum atomic E-state index is -0.587. The Morgan fingerprint density at radius 1 is 1.34 bits per heavy atom. The SMILES string of the molecule is C=N/C=C(\C=C/C)Oc1cc(NC[C@H]2C[C@@](C)(O)C2)n2ncc(-c3ccc(C(=O)NC4CC4)c(C)c3)c2n1. The first-order chi connectivity index (χ1) is 18.3. The average molecular weight is 515 g/mol. The van der Waals surface area contributed by atoms with Gasteiger partial charge in [-0.1, -0.05) is 18.2 Å². The molecule has 0 aliphatic heterocycles. The Bertz CT molecular complexity index is 1430. The summed E-state index contributed by atoms with van der Waals surface area (Å²) in [4.78, 5) is 21.2. The molecular formula is C29H34N6O3. The normalized spacial score (nSPS) is 21.4. The van der Waals surface area contributed by atoms with Crippen molar-refractivity contribution >= 4 is 24.1 Å². The first-order valence-electron chi connectivity index (χ1n) is 13.0. The third-order valence-electron chi connectivity index (χ3n) is 6.94. The van der Waals surface area contributed by atoms with Gasteiger partial charge in [0.15, 0.2) is 5.65 Å². The maximum absolute atomic E-state index is 12.6. The molecule has 198 valence electrons. The van der Waals surface area contributed by atoms with Crippen molar-refractivity contribution in [3.8, 4) is 17.0 Å². The van der Waals surface area contributed by atoms with E-state index in [1.54, 1.807) is 22.9 Å². The monoisotopic (exact) mass is 514 g/mol. The van der Waals surface area contributed by atoms with Crippen molar-refractivity contribution in [2.24, 2.45) is 10.9 Å². The number of aliphatic imine (C=N–C) groups is 1. The molecule has 9 heteroatoms. The van der Waals surface area contributed by atoms with Gasteiger partial charge in [0.2, 0.25) is 5.88 Å². The van der Waals surface area contributed by atoms with Gasteiger partial charge in [-0.2, -0.15) is 14.6 Å². The van der Waals surface area contributed by atoms with Crippen molar-refractivity contribution in [2.75, 3.05) is 11.9 Å². The molecule has 1 aromatic carbocycles. The number of anilines is 1. The number of carbonyl (C=O) groups is 1. The van der Waals surface area contributed by atoms with Gasteiger partial charge in [-0.25, -0.2) is 0 Å². The Labute approximate surface area is 222 Å². The fourth-order valence-corrected chi connectivity index (χ4v) is 4.95. The number of amides is 1. The lowest BCUT2D eigenvalue weighted by atomic mass is 9.72. The van der Waals surface area contributed by atoms with Crippen LogP contribution in [0.15, 0.2) is 59.6 Å². The molecule has 3 N–H and O–H groups in total. The number of aliphatic hydroxyl groups is 1. The Balaban J connectivity index is 1.49. The van der Waals surface area contributed by atoms with Crippen molar-refractivity contribution in [1.82, 2.24) is 19.9 Å². The zero-order valence-electron chi connectivity index (χ0n) is 22.1. The first kappa shape index (κ1) is 25.7. The van der Waals surface area contributed by atoms with Crippen LogP contribution in [0.3, 0.4) is 0 Å². The molecule has 0 spiro atoms. The summed E-state index contributed by atoms with van der Waals surface area (Å²) in [5.41, 5.74) is 3.32. The highest BCUT2D eigenvalue weighted by Crippen LogP contribution is 2.37. The van der Waals surface area contributed by atoms with Crippen molar-refractivity contribution in [3.05, 3.63) is 65.7 Å². The molecule has 2 saturated carbocycles. The lowest BCUT2D eigenvalue weighted by molar-refractivity contribution is -0.0524. The van der Waals surface area contributed by atoms with Gasteiger partial charge in [-0.05, 0) is 82.4 Å². The number of nitrogens with zero attached hydrogens (tertiary/aromatic N) is 4. The number of hydrogen-bond donors (Lipinski definition) is 3. The summed E-state index contributed by atoms with van der Waals surface area (Å²) in [6, 6.07) is 7.88. The Kier molecular flexibility index (Phi) is 7.03. The average Bonchev–Trinajstić information content (AvgIpc) is 3.56. The number of nitrogens with one attached hydrogen (secondary N) is 2. The van der Waals surface area contributed by atoms with E-state index in [2.05, 4.69) is 27.4 Å². The quantitative estimate of drug-likeness (QED) is 0.206. The number of aryl methyl sites for hydroxylation is 1. The van der Waals surface area contributed by atoms with E-state index in [0.717, 1.165) is 48.2 Å². The van der Waals surface area contributed by atoms with E-state index in [-0.39, 0.29) is 5.91 Å². The van der Waals surface area contributed by atoms with Crippen LogP contribution in [0.2, 0.25) is 0 Å². The zero-order valence-corrected chi connectivity index (χ0v) is 22.1. The number of allylic oxidation sites excluding steroid dienone is 2. The van der Waals surface area contributed by atoms with Crippen molar-refractivity contribution < 1.29 is 14.6 Å². The molecular weight excluding hydrogens is 480 g/mol. The van der Waals surface area contributed by atoms with Gasteiger partial charge < -0.3 is 20.5 Å². The fourth-order valence-electron chi connectivity index (χ4n) is 4.95. The molecule has 2 aliphatic carbocycles. The second-order valence-corrected chi connectivity index (χ2v) is 10.5. The maximum Gasteiger partial charge on any atom is 0.251 e. The van der Waals surface area contributed by atoms with E-state index in [1.165, 1.54) is 6.20 Å². The van der Waals surface area contributed by atoms with Gasteiger partial charge in [-0.3, -0.25) is 9.79 Å². The lowest BCUT2D eigenvalue weighted by Crippen LogP contribution is -2.43. The number of aromatic nitrogens is 3. The summed E-state index contributed by atoms with van der Waals surface area (Å²) in [5.74, 6) is 1.95. The second-order valence-electron chi connectivity index (χ2n) is 10.5. The molecule has 38 heavy (non-hydrogen) atoms. The third-order valence-corrected chi connectivity index (χ3v) is 6.94. The lowest BCUT2D eigenvalue weighted by Gasteiger charge is -2.41. The van der Waals surface area contributed by atoms with Crippen LogP contribution >= 0.6 is 0 Å². The fraction of sp³-hybridized carbons (Fsp3) is 0.379. The second kappa shape index (κ2) is 10.4. The Hall–Kier alpha value is -3.98. The number of hydrogen-bond acceptors (Lipinski definition) is 7. The van der Waals surface area contributed by atoms with E-state index >= 15 is 0 Å². The summed E-state index contributed by atoms with van der Waals surface area (Å²) in [6.07, 6.45) is 10.5. The van der Waals surface area contributed by atoms with Gasteiger partial charge in [0, 0.05) is 29.8 Å². The minimum absolute atomic E-state index is 0.0363. The number of rotatable bonds is 10. The number of benzene rings is 1. The third kappa shape index (κ3) is 5.62.